The fourth-order valence-electron chi connectivity index (χ4n) is 1.47. The molecule has 6 heteroatoms. The highest BCUT2D eigenvalue weighted by Crippen LogP contribution is 2.12. The number of nitrogens with zero attached hydrogens (tertiary/aromatic N) is 1. The molecule has 1 aromatic carbocycles. The van der Waals surface area contributed by atoms with Crippen LogP contribution in [-0.4, -0.2) is 10.9 Å². The number of hydrogen-bond acceptors (Lipinski definition) is 3. The van der Waals surface area contributed by atoms with Gasteiger partial charge in [-0.15, -0.1) is 0 Å². The highest BCUT2D eigenvalue weighted by molar-refractivity contribution is 9.10. The Kier molecular flexibility index (Phi) is 3.78. The van der Waals surface area contributed by atoms with Gasteiger partial charge >= 0.3 is 0 Å². The molecular weight excluding hydrogens is 310 g/mol. The van der Waals surface area contributed by atoms with Crippen LogP contribution in [0.25, 0.3) is 0 Å². The third-order valence-electron chi connectivity index (χ3n) is 2.37. The van der Waals surface area contributed by atoms with Gasteiger partial charge in [-0.2, -0.15) is 5.26 Å². The lowest BCUT2D eigenvalue weighted by atomic mass is 10.1. The number of halogens is 1. The van der Waals surface area contributed by atoms with Crippen LogP contribution in [0, 0.1) is 11.3 Å². The Hall–Kier alpha value is -2.39. The molecule has 0 bridgehead atoms. The van der Waals surface area contributed by atoms with Crippen LogP contribution in [-0.2, 0) is 0 Å². The molecule has 0 spiro atoms. The molecule has 0 unspecified atom stereocenters. The molecule has 94 valence electrons. The molecule has 0 saturated heterocycles. The van der Waals surface area contributed by atoms with Crippen molar-refractivity contribution in [3.05, 3.63) is 62.5 Å². The lowest BCUT2D eigenvalue weighted by Gasteiger charge is -2.04. The number of carbonyl (C=O) groups excluding carboxylic acids is 1. The van der Waals surface area contributed by atoms with Crippen LogP contribution in [0.3, 0.4) is 0 Å². The van der Waals surface area contributed by atoms with Crippen molar-refractivity contribution in [3.63, 3.8) is 0 Å². The second kappa shape index (κ2) is 5.50. The molecule has 0 aliphatic heterocycles. The number of nitrogens with one attached hydrogen (secondary N) is 2. The average molecular weight is 318 g/mol. The number of nitriles is 1. The zero-order chi connectivity index (χ0) is 13.8. The lowest BCUT2D eigenvalue weighted by Crippen LogP contribution is -2.19. The maximum atomic E-state index is 12.0. The van der Waals surface area contributed by atoms with Crippen molar-refractivity contribution in [2.45, 2.75) is 0 Å². The monoisotopic (exact) mass is 317 g/mol. The van der Waals surface area contributed by atoms with E-state index in [0.717, 1.165) is 0 Å². The Morgan fingerprint density at radius 3 is 2.89 bits per heavy atom. The molecule has 0 fully saturated rings. The minimum absolute atomic E-state index is 0.140. The first kappa shape index (κ1) is 13.1. The number of anilines is 1. The third-order valence-corrected chi connectivity index (χ3v) is 2.83. The van der Waals surface area contributed by atoms with E-state index in [1.807, 2.05) is 6.07 Å². The van der Waals surface area contributed by atoms with E-state index in [0.29, 0.717) is 15.6 Å². The summed E-state index contributed by atoms with van der Waals surface area (Å²) in [4.78, 5) is 26.0. The Morgan fingerprint density at radius 2 is 2.16 bits per heavy atom. The van der Waals surface area contributed by atoms with E-state index < -0.39 is 11.5 Å². The Morgan fingerprint density at radius 1 is 1.37 bits per heavy atom. The van der Waals surface area contributed by atoms with Gasteiger partial charge < -0.3 is 10.3 Å². The first-order chi connectivity index (χ1) is 9.10. The summed E-state index contributed by atoms with van der Waals surface area (Å²) < 4.78 is 0.646. The Balaban J connectivity index is 2.28. The van der Waals surface area contributed by atoms with Crippen molar-refractivity contribution >= 4 is 27.5 Å². The van der Waals surface area contributed by atoms with Gasteiger partial charge in [-0.25, -0.2) is 0 Å². The van der Waals surface area contributed by atoms with Crippen molar-refractivity contribution < 1.29 is 4.79 Å². The topological polar surface area (TPSA) is 85.8 Å². The smallest absolute Gasteiger partial charge is 0.271 e. The van der Waals surface area contributed by atoms with Crippen LogP contribution in [0.5, 0.6) is 0 Å². The molecule has 1 amide bonds. The van der Waals surface area contributed by atoms with E-state index in [4.69, 9.17) is 5.26 Å². The number of rotatable bonds is 2. The van der Waals surface area contributed by atoms with Gasteiger partial charge in [-0.1, -0.05) is 6.07 Å². The van der Waals surface area contributed by atoms with Crippen molar-refractivity contribution in [2.24, 2.45) is 0 Å². The standard InChI is InChI=1S/C13H8BrN3O2/c14-10-5-11(13(19)16-7-10)17-12(18)9-3-1-2-8(4-9)6-15/h1-5,7H,(H,16,19)(H,17,18). The third kappa shape index (κ3) is 3.09. The second-order valence-electron chi connectivity index (χ2n) is 3.71. The fourth-order valence-corrected chi connectivity index (χ4v) is 1.82. The summed E-state index contributed by atoms with van der Waals surface area (Å²) in [5, 5.41) is 11.3. The summed E-state index contributed by atoms with van der Waals surface area (Å²) in [6.45, 7) is 0. The number of amides is 1. The molecule has 0 atom stereocenters. The quantitative estimate of drug-likeness (QED) is 0.890. The largest absolute Gasteiger partial charge is 0.326 e. The van der Waals surface area contributed by atoms with Crippen molar-refractivity contribution in [2.75, 3.05) is 5.32 Å². The molecule has 2 N–H and O–H groups in total. The fraction of sp³-hybridized carbons (Fsp3) is 0. The molecule has 2 rings (SSSR count). The molecule has 0 radical (unpaired) electrons. The van der Waals surface area contributed by atoms with Crippen molar-refractivity contribution in [1.29, 1.82) is 5.26 Å². The molecule has 0 saturated carbocycles. The van der Waals surface area contributed by atoms with Gasteiger partial charge in [0.25, 0.3) is 11.5 Å². The maximum Gasteiger partial charge on any atom is 0.271 e. The van der Waals surface area contributed by atoms with Crippen LogP contribution in [0.15, 0.2) is 45.8 Å². The first-order valence-corrected chi connectivity index (χ1v) is 6.09. The maximum absolute atomic E-state index is 12.0. The molecule has 19 heavy (non-hydrogen) atoms. The summed E-state index contributed by atoms with van der Waals surface area (Å²) in [7, 11) is 0. The second-order valence-corrected chi connectivity index (χ2v) is 4.62. The van der Waals surface area contributed by atoms with E-state index >= 15 is 0 Å². The van der Waals surface area contributed by atoms with Gasteiger partial charge in [0.1, 0.15) is 5.69 Å². The number of hydrogen-bond donors (Lipinski definition) is 2. The number of pyridine rings is 1. The zero-order valence-corrected chi connectivity index (χ0v) is 11.2. The van der Waals surface area contributed by atoms with E-state index in [1.54, 1.807) is 18.2 Å². The van der Waals surface area contributed by atoms with Gasteiger partial charge in [0, 0.05) is 16.2 Å². The van der Waals surface area contributed by atoms with Gasteiger partial charge in [-0.05, 0) is 40.2 Å². The van der Waals surface area contributed by atoms with Gasteiger partial charge in [0.15, 0.2) is 0 Å². The summed E-state index contributed by atoms with van der Waals surface area (Å²) in [6, 6.07) is 9.70. The molecule has 0 aliphatic rings. The highest BCUT2D eigenvalue weighted by atomic mass is 79.9. The molecule has 2 aromatic rings. The number of benzene rings is 1. The summed E-state index contributed by atoms with van der Waals surface area (Å²) in [5.41, 5.74) is 0.448. The molecule has 0 aliphatic carbocycles. The van der Waals surface area contributed by atoms with Crippen LogP contribution in [0.2, 0.25) is 0 Å². The first-order valence-electron chi connectivity index (χ1n) is 5.30. The predicted molar refractivity (Wildman–Crippen MR) is 73.9 cm³/mol. The van der Waals surface area contributed by atoms with Crippen LogP contribution in [0.1, 0.15) is 15.9 Å². The molecule has 5 nitrogen and oxygen atoms in total. The van der Waals surface area contributed by atoms with Gasteiger partial charge in [0.05, 0.1) is 11.6 Å². The van der Waals surface area contributed by atoms with E-state index in [-0.39, 0.29) is 5.69 Å². The van der Waals surface area contributed by atoms with Gasteiger partial charge in [-0.3, -0.25) is 9.59 Å². The predicted octanol–water partition coefficient (Wildman–Crippen LogP) is 2.26. The van der Waals surface area contributed by atoms with E-state index in [2.05, 4.69) is 26.2 Å². The lowest BCUT2D eigenvalue weighted by molar-refractivity contribution is 0.102. The summed E-state index contributed by atoms with van der Waals surface area (Å²) in [5.74, 6) is -0.444. The SMILES string of the molecule is N#Cc1cccc(C(=O)Nc2cc(Br)c[nH]c2=O)c1. The molecule has 1 heterocycles. The number of aromatic nitrogens is 1. The number of carbonyl (C=O) groups is 1. The molecular formula is C13H8BrN3O2. The minimum Gasteiger partial charge on any atom is -0.326 e. The van der Waals surface area contributed by atoms with Crippen LogP contribution < -0.4 is 10.9 Å². The van der Waals surface area contributed by atoms with Crippen molar-refractivity contribution in [1.82, 2.24) is 4.98 Å². The Labute approximate surface area is 117 Å². The molecule has 1 aromatic heterocycles. The van der Waals surface area contributed by atoms with Crippen molar-refractivity contribution in [3.8, 4) is 6.07 Å². The summed E-state index contributed by atoms with van der Waals surface area (Å²) in [6.07, 6.45) is 1.48. The van der Waals surface area contributed by atoms with Gasteiger partial charge in [0.2, 0.25) is 0 Å². The normalized spacial score (nSPS) is 9.68. The van der Waals surface area contributed by atoms with E-state index in [1.165, 1.54) is 18.3 Å². The van der Waals surface area contributed by atoms with E-state index in [9.17, 15) is 9.59 Å². The Bertz CT molecular complexity index is 731. The van der Waals surface area contributed by atoms with Crippen LogP contribution >= 0.6 is 15.9 Å². The average Bonchev–Trinajstić information content (AvgIpc) is 2.43. The number of H-pyrrole nitrogens is 1. The number of aromatic amines is 1. The summed E-state index contributed by atoms with van der Waals surface area (Å²) >= 11 is 3.20. The van der Waals surface area contributed by atoms with Crippen LogP contribution in [0.4, 0.5) is 5.69 Å². The highest BCUT2D eigenvalue weighted by Gasteiger charge is 2.09. The zero-order valence-electron chi connectivity index (χ0n) is 9.61. The minimum atomic E-state index is -0.444.